The maximum atomic E-state index is 13.4. The fourth-order valence-electron chi connectivity index (χ4n) is 2.54. The van der Waals surface area contributed by atoms with E-state index in [2.05, 4.69) is 20.8 Å². The Morgan fingerprint density at radius 1 is 1.00 bits per heavy atom. The second-order valence-corrected chi connectivity index (χ2v) is 5.45. The number of halogens is 1. The maximum absolute atomic E-state index is 13.4. The third-order valence-corrected chi connectivity index (χ3v) is 3.73. The molecule has 1 aromatic heterocycles. The van der Waals surface area contributed by atoms with Gasteiger partial charge in [0.15, 0.2) is 5.82 Å². The molecule has 2 atom stereocenters. The average molecular weight is 311 g/mol. The van der Waals surface area contributed by atoms with Gasteiger partial charge in [-0.25, -0.2) is 4.39 Å². The van der Waals surface area contributed by atoms with Crippen molar-refractivity contribution in [3.63, 3.8) is 0 Å². The number of rotatable bonds is 5. The van der Waals surface area contributed by atoms with Crippen molar-refractivity contribution in [3.05, 3.63) is 71.8 Å². The number of benzene rings is 2. The third kappa shape index (κ3) is 3.43. The quantitative estimate of drug-likeness (QED) is 0.786. The Bertz CT molecular complexity index is 771. The molecule has 0 aliphatic carbocycles. The van der Waals surface area contributed by atoms with Crippen LogP contribution in [0.15, 0.2) is 54.6 Å². The van der Waals surface area contributed by atoms with Crippen LogP contribution in [0, 0.1) is 5.82 Å². The van der Waals surface area contributed by atoms with Crippen LogP contribution in [0.1, 0.15) is 37.3 Å². The molecule has 0 aliphatic rings. The van der Waals surface area contributed by atoms with Gasteiger partial charge < -0.3 is 5.32 Å². The lowest BCUT2D eigenvalue weighted by atomic mass is 10.1. The smallest absolute Gasteiger partial charge is 0.173 e. The van der Waals surface area contributed by atoms with E-state index < -0.39 is 0 Å². The second kappa shape index (κ2) is 6.66. The van der Waals surface area contributed by atoms with E-state index >= 15 is 0 Å². The normalized spacial score (nSPS) is 13.7. The number of hydrogen-bond donors (Lipinski definition) is 1. The van der Waals surface area contributed by atoms with E-state index in [1.807, 2.05) is 50.2 Å². The molecular formula is C17H18FN5. The van der Waals surface area contributed by atoms with Crippen LogP contribution in [0.25, 0.3) is 5.69 Å². The minimum Gasteiger partial charge on any atom is -0.301 e. The summed E-state index contributed by atoms with van der Waals surface area (Å²) in [5, 5.41) is 15.4. The largest absolute Gasteiger partial charge is 0.301 e. The van der Waals surface area contributed by atoms with Gasteiger partial charge in [-0.05, 0) is 54.1 Å². The van der Waals surface area contributed by atoms with Crippen LogP contribution < -0.4 is 5.32 Å². The van der Waals surface area contributed by atoms with Crippen LogP contribution in [0.4, 0.5) is 4.39 Å². The monoisotopic (exact) mass is 311 g/mol. The molecule has 0 bridgehead atoms. The first-order chi connectivity index (χ1) is 11.1. The minimum atomic E-state index is -0.238. The van der Waals surface area contributed by atoms with Crippen molar-refractivity contribution in [1.29, 1.82) is 0 Å². The molecule has 0 amide bonds. The molecule has 0 radical (unpaired) electrons. The second-order valence-electron chi connectivity index (χ2n) is 5.45. The summed E-state index contributed by atoms with van der Waals surface area (Å²) in [5.74, 6) is 0.470. The molecule has 3 aromatic rings. The summed E-state index contributed by atoms with van der Waals surface area (Å²) in [6, 6.07) is 16.2. The molecule has 6 heteroatoms. The third-order valence-electron chi connectivity index (χ3n) is 3.73. The standard InChI is InChI=1S/C17H18FN5/c1-12(14-7-6-8-15(18)11-14)19-13(2)17-20-21-22-23(17)16-9-4-3-5-10-16/h3-13,19H,1-2H3. The lowest BCUT2D eigenvalue weighted by Crippen LogP contribution is -2.25. The summed E-state index contributed by atoms with van der Waals surface area (Å²) in [4.78, 5) is 0. The van der Waals surface area contributed by atoms with E-state index in [0.29, 0.717) is 5.82 Å². The van der Waals surface area contributed by atoms with Gasteiger partial charge in [0, 0.05) is 6.04 Å². The van der Waals surface area contributed by atoms with E-state index in [4.69, 9.17) is 0 Å². The highest BCUT2D eigenvalue weighted by Crippen LogP contribution is 2.20. The van der Waals surface area contributed by atoms with Crippen LogP contribution in [0.3, 0.4) is 0 Å². The number of aromatic nitrogens is 4. The Labute approximate surface area is 134 Å². The van der Waals surface area contributed by atoms with E-state index in [0.717, 1.165) is 11.3 Å². The molecular weight excluding hydrogens is 293 g/mol. The molecule has 118 valence electrons. The zero-order chi connectivity index (χ0) is 16.2. The molecule has 0 saturated heterocycles. The van der Waals surface area contributed by atoms with E-state index in [1.165, 1.54) is 12.1 Å². The molecule has 23 heavy (non-hydrogen) atoms. The van der Waals surface area contributed by atoms with Crippen molar-refractivity contribution in [3.8, 4) is 5.69 Å². The lowest BCUT2D eigenvalue weighted by molar-refractivity contribution is 0.466. The highest BCUT2D eigenvalue weighted by atomic mass is 19.1. The van der Waals surface area contributed by atoms with Gasteiger partial charge in [-0.1, -0.05) is 30.3 Å². The van der Waals surface area contributed by atoms with Gasteiger partial charge in [0.25, 0.3) is 0 Å². The highest BCUT2D eigenvalue weighted by molar-refractivity contribution is 5.31. The Hall–Kier alpha value is -2.60. The average Bonchev–Trinajstić information content (AvgIpc) is 3.05. The Morgan fingerprint density at radius 2 is 1.78 bits per heavy atom. The van der Waals surface area contributed by atoms with Gasteiger partial charge in [-0.15, -0.1) is 5.10 Å². The van der Waals surface area contributed by atoms with Gasteiger partial charge in [-0.2, -0.15) is 4.68 Å². The molecule has 0 fully saturated rings. The lowest BCUT2D eigenvalue weighted by Gasteiger charge is -2.20. The number of hydrogen-bond acceptors (Lipinski definition) is 4. The van der Waals surface area contributed by atoms with E-state index in [1.54, 1.807) is 10.7 Å². The first-order valence-corrected chi connectivity index (χ1v) is 7.50. The fraction of sp³-hybridized carbons (Fsp3) is 0.235. The van der Waals surface area contributed by atoms with Gasteiger partial charge in [0.05, 0.1) is 11.7 Å². The van der Waals surface area contributed by atoms with Crippen molar-refractivity contribution in [1.82, 2.24) is 25.5 Å². The summed E-state index contributed by atoms with van der Waals surface area (Å²) in [6.07, 6.45) is 0. The molecule has 1 N–H and O–H groups in total. The topological polar surface area (TPSA) is 55.6 Å². The van der Waals surface area contributed by atoms with Crippen molar-refractivity contribution in [2.75, 3.05) is 0 Å². The van der Waals surface area contributed by atoms with Gasteiger partial charge >= 0.3 is 0 Å². The van der Waals surface area contributed by atoms with Crippen LogP contribution in [0.2, 0.25) is 0 Å². The zero-order valence-electron chi connectivity index (χ0n) is 13.0. The highest BCUT2D eigenvalue weighted by Gasteiger charge is 2.18. The summed E-state index contributed by atoms with van der Waals surface area (Å²) in [7, 11) is 0. The Morgan fingerprint density at radius 3 is 2.52 bits per heavy atom. The van der Waals surface area contributed by atoms with Crippen molar-refractivity contribution in [2.45, 2.75) is 25.9 Å². The van der Waals surface area contributed by atoms with Gasteiger partial charge in [0.2, 0.25) is 0 Å². The van der Waals surface area contributed by atoms with Crippen LogP contribution in [0.5, 0.6) is 0 Å². The van der Waals surface area contributed by atoms with E-state index in [9.17, 15) is 4.39 Å². The van der Waals surface area contributed by atoms with Crippen LogP contribution in [-0.4, -0.2) is 20.2 Å². The molecule has 0 aliphatic heterocycles. The summed E-state index contributed by atoms with van der Waals surface area (Å²) >= 11 is 0. The first kappa shape index (κ1) is 15.3. The summed E-state index contributed by atoms with van der Waals surface area (Å²) in [5.41, 5.74) is 1.79. The molecule has 2 unspecified atom stereocenters. The number of nitrogens with zero attached hydrogens (tertiary/aromatic N) is 4. The van der Waals surface area contributed by atoms with Crippen LogP contribution in [-0.2, 0) is 0 Å². The van der Waals surface area contributed by atoms with Crippen LogP contribution >= 0.6 is 0 Å². The number of tetrazole rings is 1. The van der Waals surface area contributed by atoms with Gasteiger partial charge in [-0.3, -0.25) is 0 Å². The van der Waals surface area contributed by atoms with Crippen molar-refractivity contribution in [2.24, 2.45) is 0 Å². The first-order valence-electron chi connectivity index (χ1n) is 7.50. The number of para-hydroxylation sites is 1. The van der Waals surface area contributed by atoms with Gasteiger partial charge in [0.1, 0.15) is 5.82 Å². The predicted octanol–water partition coefficient (Wildman–Crippen LogP) is 3.21. The SMILES string of the molecule is CC(NC(C)c1nnnn1-c1ccccc1)c1cccc(F)c1. The molecule has 0 spiro atoms. The zero-order valence-corrected chi connectivity index (χ0v) is 13.0. The van der Waals surface area contributed by atoms with E-state index in [-0.39, 0.29) is 17.9 Å². The summed E-state index contributed by atoms with van der Waals surface area (Å²) in [6.45, 7) is 3.98. The Balaban J connectivity index is 1.79. The molecule has 2 aromatic carbocycles. The minimum absolute atomic E-state index is 0.0263. The molecule has 5 nitrogen and oxygen atoms in total. The molecule has 1 heterocycles. The molecule has 0 saturated carbocycles. The predicted molar refractivity (Wildman–Crippen MR) is 85.5 cm³/mol. The summed E-state index contributed by atoms with van der Waals surface area (Å²) < 4.78 is 15.1. The maximum Gasteiger partial charge on any atom is 0.173 e. The fourth-order valence-corrected chi connectivity index (χ4v) is 2.54. The molecule has 3 rings (SSSR count). The Kier molecular flexibility index (Phi) is 4.43. The number of nitrogens with one attached hydrogen (secondary N) is 1. The van der Waals surface area contributed by atoms with Crippen molar-refractivity contribution >= 4 is 0 Å². The van der Waals surface area contributed by atoms with Crippen molar-refractivity contribution < 1.29 is 4.39 Å².